The van der Waals surface area contributed by atoms with E-state index in [9.17, 15) is 9.59 Å². The molecule has 0 unspecified atom stereocenters. The van der Waals surface area contributed by atoms with E-state index in [1.165, 1.54) is 5.69 Å². The van der Waals surface area contributed by atoms with Crippen molar-refractivity contribution in [2.24, 2.45) is 0 Å². The number of hydrogen-bond acceptors (Lipinski definition) is 3. The number of carbonyl (C=O) groups is 2. The Bertz CT molecular complexity index is 1280. The summed E-state index contributed by atoms with van der Waals surface area (Å²) in [6.07, 6.45) is 2.09. The van der Waals surface area contributed by atoms with Gasteiger partial charge >= 0.3 is 0 Å². The third-order valence-corrected chi connectivity index (χ3v) is 6.08. The molecule has 1 aliphatic heterocycles. The lowest BCUT2D eigenvalue weighted by Gasteiger charge is -2.36. The van der Waals surface area contributed by atoms with E-state index < -0.39 is 0 Å². The highest BCUT2D eigenvalue weighted by Crippen LogP contribution is 2.32. The third kappa shape index (κ3) is 4.63. The summed E-state index contributed by atoms with van der Waals surface area (Å²) < 4.78 is 2.25. The van der Waals surface area contributed by atoms with Gasteiger partial charge in [0, 0.05) is 30.7 Å². The van der Waals surface area contributed by atoms with Crippen molar-refractivity contribution >= 4 is 23.2 Å². The summed E-state index contributed by atoms with van der Waals surface area (Å²) in [5.41, 5.74) is 3.95. The smallest absolute Gasteiger partial charge is 0.257 e. The van der Waals surface area contributed by atoms with E-state index in [0.29, 0.717) is 16.9 Å². The van der Waals surface area contributed by atoms with Gasteiger partial charge < -0.3 is 15.2 Å². The molecule has 34 heavy (non-hydrogen) atoms. The van der Waals surface area contributed by atoms with E-state index in [2.05, 4.69) is 50.6 Å². The standard InChI is InChI=1S/C28H26N4O2/c33-26(30-24-15-8-7-14-23(24)28(34)29-22-12-5-2-6-13-22)20-32-19-18-31-17-9-16-25(31)27(32)21-10-3-1-4-11-21/h1-17,27H,18-20H2,(H,29,34)(H,30,33)/t27-/m1/s1. The van der Waals surface area contributed by atoms with Gasteiger partial charge in [0.15, 0.2) is 0 Å². The fourth-order valence-corrected chi connectivity index (χ4v) is 4.50. The largest absolute Gasteiger partial charge is 0.348 e. The minimum Gasteiger partial charge on any atom is -0.348 e. The zero-order valence-electron chi connectivity index (χ0n) is 18.7. The van der Waals surface area contributed by atoms with Gasteiger partial charge in [-0.2, -0.15) is 0 Å². The first-order valence-electron chi connectivity index (χ1n) is 11.4. The Morgan fingerprint density at radius 3 is 2.26 bits per heavy atom. The predicted molar refractivity (Wildman–Crippen MR) is 134 cm³/mol. The predicted octanol–water partition coefficient (Wildman–Crippen LogP) is 4.78. The molecule has 0 saturated heterocycles. The van der Waals surface area contributed by atoms with Crippen LogP contribution in [0.1, 0.15) is 27.7 Å². The highest BCUT2D eigenvalue weighted by molar-refractivity contribution is 6.10. The molecule has 0 fully saturated rings. The Hall–Kier alpha value is -4.16. The number of benzene rings is 3. The molecule has 2 N–H and O–H groups in total. The first-order valence-corrected chi connectivity index (χ1v) is 11.4. The second kappa shape index (κ2) is 9.77. The first kappa shape index (κ1) is 21.7. The van der Waals surface area contributed by atoms with Crippen LogP contribution in [0.25, 0.3) is 0 Å². The molecule has 0 bridgehead atoms. The number of hydrogen-bond donors (Lipinski definition) is 2. The summed E-state index contributed by atoms with van der Waals surface area (Å²) >= 11 is 0. The Morgan fingerprint density at radius 2 is 1.47 bits per heavy atom. The molecule has 0 radical (unpaired) electrons. The van der Waals surface area contributed by atoms with Crippen LogP contribution in [0.3, 0.4) is 0 Å². The number of fused-ring (bicyclic) bond motifs is 1. The maximum atomic E-state index is 13.1. The topological polar surface area (TPSA) is 66.4 Å². The molecule has 6 heteroatoms. The highest BCUT2D eigenvalue weighted by atomic mass is 16.2. The second-order valence-corrected chi connectivity index (χ2v) is 8.32. The van der Waals surface area contributed by atoms with Gasteiger partial charge in [0.05, 0.1) is 23.8 Å². The molecular weight excluding hydrogens is 424 g/mol. The molecule has 1 atom stereocenters. The molecule has 2 heterocycles. The van der Waals surface area contributed by atoms with Crippen LogP contribution in [0.4, 0.5) is 11.4 Å². The van der Waals surface area contributed by atoms with Crippen molar-refractivity contribution in [3.8, 4) is 0 Å². The summed E-state index contributed by atoms with van der Waals surface area (Å²) in [6, 6.07) is 30.8. The van der Waals surface area contributed by atoms with Crippen molar-refractivity contribution in [3.63, 3.8) is 0 Å². The average Bonchev–Trinajstić information content (AvgIpc) is 3.34. The van der Waals surface area contributed by atoms with Gasteiger partial charge in [0.2, 0.25) is 5.91 Å². The molecule has 2 amide bonds. The van der Waals surface area contributed by atoms with Gasteiger partial charge in [-0.15, -0.1) is 0 Å². The quantitative estimate of drug-likeness (QED) is 0.444. The van der Waals surface area contributed by atoms with Crippen LogP contribution in [-0.4, -0.2) is 34.4 Å². The number of rotatable bonds is 6. The van der Waals surface area contributed by atoms with E-state index in [0.717, 1.165) is 18.7 Å². The molecule has 0 saturated carbocycles. The Kier molecular flexibility index (Phi) is 6.23. The lowest BCUT2D eigenvalue weighted by molar-refractivity contribution is -0.117. The minimum absolute atomic E-state index is 0.00711. The van der Waals surface area contributed by atoms with Crippen LogP contribution in [-0.2, 0) is 11.3 Å². The fourth-order valence-electron chi connectivity index (χ4n) is 4.50. The van der Waals surface area contributed by atoms with Crippen molar-refractivity contribution in [3.05, 3.63) is 120 Å². The summed E-state index contributed by atoms with van der Waals surface area (Å²) in [7, 11) is 0. The Labute approximate surface area is 198 Å². The number of aromatic nitrogens is 1. The number of para-hydroxylation sites is 2. The Balaban J connectivity index is 1.33. The van der Waals surface area contributed by atoms with E-state index in [-0.39, 0.29) is 24.4 Å². The normalized spacial score (nSPS) is 15.4. The van der Waals surface area contributed by atoms with E-state index in [4.69, 9.17) is 0 Å². The number of carbonyl (C=O) groups excluding carboxylic acids is 2. The van der Waals surface area contributed by atoms with Gasteiger partial charge in [0.25, 0.3) is 5.91 Å². The number of anilines is 2. The number of nitrogens with zero attached hydrogens (tertiary/aromatic N) is 2. The first-order chi connectivity index (χ1) is 16.7. The lowest BCUT2D eigenvalue weighted by atomic mass is 10.00. The molecule has 3 aromatic carbocycles. The lowest BCUT2D eigenvalue weighted by Crippen LogP contribution is -2.42. The maximum Gasteiger partial charge on any atom is 0.257 e. The molecule has 1 aromatic heterocycles. The highest BCUT2D eigenvalue weighted by Gasteiger charge is 2.30. The SMILES string of the molecule is O=C(CN1CCn2cccc2[C@H]1c1ccccc1)Nc1ccccc1C(=O)Nc1ccccc1. The van der Waals surface area contributed by atoms with Gasteiger partial charge in [-0.3, -0.25) is 14.5 Å². The second-order valence-electron chi connectivity index (χ2n) is 8.32. The monoisotopic (exact) mass is 450 g/mol. The zero-order valence-corrected chi connectivity index (χ0v) is 18.7. The summed E-state index contributed by atoms with van der Waals surface area (Å²) in [6.45, 7) is 1.80. The molecule has 0 spiro atoms. The van der Waals surface area contributed by atoms with Crippen LogP contribution in [0, 0.1) is 0 Å². The van der Waals surface area contributed by atoms with Crippen LogP contribution in [0.5, 0.6) is 0 Å². The number of nitrogens with one attached hydrogen (secondary N) is 2. The van der Waals surface area contributed by atoms with E-state index >= 15 is 0 Å². The molecule has 6 nitrogen and oxygen atoms in total. The molecule has 5 rings (SSSR count). The summed E-state index contributed by atoms with van der Waals surface area (Å²) in [5.74, 6) is -0.416. The van der Waals surface area contributed by atoms with Crippen LogP contribution in [0.15, 0.2) is 103 Å². The summed E-state index contributed by atoms with van der Waals surface area (Å²) in [5, 5.41) is 5.85. The van der Waals surface area contributed by atoms with Gasteiger partial charge in [-0.25, -0.2) is 0 Å². The molecule has 170 valence electrons. The van der Waals surface area contributed by atoms with Crippen LogP contribution < -0.4 is 10.6 Å². The third-order valence-electron chi connectivity index (χ3n) is 6.08. The molecule has 1 aliphatic rings. The van der Waals surface area contributed by atoms with Gasteiger partial charge in [0.1, 0.15) is 0 Å². The zero-order chi connectivity index (χ0) is 23.3. The van der Waals surface area contributed by atoms with Crippen molar-refractivity contribution in [1.29, 1.82) is 0 Å². The van der Waals surface area contributed by atoms with Crippen molar-refractivity contribution < 1.29 is 9.59 Å². The minimum atomic E-state index is -0.264. The average molecular weight is 451 g/mol. The van der Waals surface area contributed by atoms with E-state index in [1.807, 2.05) is 54.6 Å². The Morgan fingerprint density at radius 1 is 0.765 bits per heavy atom. The van der Waals surface area contributed by atoms with Crippen LogP contribution >= 0.6 is 0 Å². The number of amides is 2. The van der Waals surface area contributed by atoms with Gasteiger partial charge in [-0.05, 0) is 42.0 Å². The molecule has 4 aromatic rings. The summed E-state index contributed by atoms with van der Waals surface area (Å²) in [4.78, 5) is 28.2. The van der Waals surface area contributed by atoms with Crippen molar-refractivity contribution in [1.82, 2.24) is 9.47 Å². The fraction of sp³-hybridized carbons (Fsp3) is 0.143. The van der Waals surface area contributed by atoms with E-state index in [1.54, 1.807) is 18.2 Å². The van der Waals surface area contributed by atoms with Crippen molar-refractivity contribution in [2.45, 2.75) is 12.6 Å². The maximum absolute atomic E-state index is 13.1. The van der Waals surface area contributed by atoms with Crippen LogP contribution in [0.2, 0.25) is 0 Å². The molecule has 0 aliphatic carbocycles. The molecular formula is C28H26N4O2. The van der Waals surface area contributed by atoms with Crippen molar-refractivity contribution in [2.75, 3.05) is 23.7 Å². The van der Waals surface area contributed by atoms with Gasteiger partial charge in [-0.1, -0.05) is 60.7 Å².